The van der Waals surface area contributed by atoms with E-state index in [1.165, 1.54) is 23.4 Å². The van der Waals surface area contributed by atoms with Gasteiger partial charge in [-0.05, 0) is 31.2 Å². The van der Waals surface area contributed by atoms with Crippen LogP contribution in [0.3, 0.4) is 0 Å². The quantitative estimate of drug-likeness (QED) is 0.571. The van der Waals surface area contributed by atoms with Gasteiger partial charge < -0.3 is 14.8 Å². The molecule has 0 unspecified atom stereocenters. The Hall–Kier alpha value is -3.60. The molecule has 178 valence electrons. The predicted octanol–water partition coefficient (Wildman–Crippen LogP) is 4.32. The van der Waals surface area contributed by atoms with Crippen LogP contribution in [0, 0.1) is 5.82 Å². The van der Waals surface area contributed by atoms with Crippen LogP contribution in [-0.4, -0.2) is 59.9 Å². The number of nitrogens with zero attached hydrogens (tertiary/aromatic N) is 4. The second-order valence-corrected chi connectivity index (χ2v) is 8.50. The van der Waals surface area contributed by atoms with Gasteiger partial charge in [0.1, 0.15) is 18.0 Å². The highest BCUT2D eigenvalue weighted by Crippen LogP contribution is 2.41. The molecule has 2 saturated heterocycles. The molecule has 2 aromatic carbocycles. The highest BCUT2D eigenvalue weighted by molar-refractivity contribution is 6.00. The molecule has 11 heteroatoms. The van der Waals surface area contributed by atoms with Crippen molar-refractivity contribution >= 4 is 34.2 Å². The van der Waals surface area contributed by atoms with Crippen molar-refractivity contribution in [2.75, 3.05) is 36.9 Å². The zero-order valence-corrected chi connectivity index (χ0v) is 18.5. The first-order valence-corrected chi connectivity index (χ1v) is 10.8. The Morgan fingerprint density at radius 3 is 2.74 bits per heavy atom. The number of aryl methyl sites for hydroxylation is 1. The van der Waals surface area contributed by atoms with E-state index >= 15 is 0 Å². The van der Waals surface area contributed by atoms with Crippen LogP contribution < -0.4 is 15.0 Å². The maximum absolute atomic E-state index is 14.8. The van der Waals surface area contributed by atoms with E-state index in [0.29, 0.717) is 30.5 Å². The van der Waals surface area contributed by atoms with Crippen LogP contribution in [0.4, 0.5) is 35.2 Å². The van der Waals surface area contributed by atoms with E-state index in [1.807, 2.05) is 18.9 Å². The lowest BCUT2D eigenvalue weighted by molar-refractivity contribution is -0.0599. The number of aromatic nitrogens is 2. The third kappa shape index (κ3) is 3.85. The van der Waals surface area contributed by atoms with Gasteiger partial charge in [-0.2, -0.15) is 8.78 Å². The van der Waals surface area contributed by atoms with Gasteiger partial charge in [-0.1, -0.05) is 19.1 Å². The molecule has 5 rings (SSSR count). The number of hydrogen-bond acceptors (Lipinski definition) is 7. The van der Waals surface area contributed by atoms with Crippen molar-refractivity contribution in [2.45, 2.75) is 25.6 Å². The second kappa shape index (κ2) is 8.32. The zero-order valence-electron chi connectivity index (χ0n) is 18.5. The third-order valence-corrected chi connectivity index (χ3v) is 6.02. The predicted molar refractivity (Wildman–Crippen MR) is 119 cm³/mol. The molecule has 1 spiro atoms. The van der Waals surface area contributed by atoms with Gasteiger partial charge in [-0.15, -0.1) is 0 Å². The summed E-state index contributed by atoms with van der Waals surface area (Å²) < 4.78 is 51.5. The van der Waals surface area contributed by atoms with E-state index in [2.05, 4.69) is 15.3 Å². The van der Waals surface area contributed by atoms with Crippen molar-refractivity contribution in [1.82, 2.24) is 14.9 Å². The molecule has 1 N–H and O–H groups in total. The molecule has 2 fully saturated rings. The standard InChI is InChI=1S/C23H22F3N5O3/c1-3-13-5-4-6-15(19(13)24)29-20-14-7-17(18(33-21(25)26)8-16(14)27-12-28-20)31-11-23(34-22(31)32)9-30(2)10-23/h4-8,12,21H,3,9-11H2,1-2H3,(H,27,28,29). The fourth-order valence-corrected chi connectivity index (χ4v) is 4.56. The monoisotopic (exact) mass is 473 g/mol. The molecule has 0 saturated carbocycles. The minimum absolute atomic E-state index is 0.102. The summed E-state index contributed by atoms with van der Waals surface area (Å²) in [5.74, 6) is -0.366. The minimum Gasteiger partial charge on any atom is -0.438 e. The summed E-state index contributed by atoms with van der Waals surface area (Å²) in [5.41, 5.74) is 0.443. The number of amides is 1. The Labute approximate surface area is 193 Å². The van der Waals surface area contributed by atoms with Gasteiger partial charge in [-0.3, -0.25) is 9.80 Å². The third-order valence-electron chi connectivity index (χ3n) is 6.02. The van der Waals surface area contributed by atoms with Gasteiger partial charge in [0.05, 0.1) is 23.4 Å². The Morgan fingerprint density at radius 1 is 1.24 bits per heavy atom. The first-order valence-electron chi connectivity index (χ1n) is 10.8. The van der Waals surface area contributed by atoms with Crippen LogP contribution in [-0.2, 0) is 11.2 Å². The summed E-state index contributed by atoms with van der Waals surface area (Å²) in [6, 6.07) is 7.79. The van der Waals surface area contributed by atoms with Crippen molar-refractivity contribution in [2.24, 2.45) is 0 Å². The molecule has 2 aliphatic heterocycles. The molecule has 3 heterocycles. The summed E-state index contributed by atoms with van der Waals surface area (Å²) in [5, 5.41) is 3.37. The molecule has 1 amide bonds. The number of carbonyl (C=O) groups excluding carboxylic acids is 1. The van der Waals surface area contributed by atoms with Crippen LogP contribution in [0.25, 0.3) is 10.9 Å². The summed E-state index contributed by atoms with van der Waals surface area (Å²) in [6.07, 6.45) is 1.10. The zero-order chi connectivity index (χ0) is 24.0. The fourth-order valence-electron chi connectivity index (χ4n) is 4.56. The van der Waals surface area contributed by atoms with Gasteiger partial charge in [0.15, 0.2) is 11.4 Å². The lowest BCUT2D eigenvalue weighted by atomic mass is 9.95. The van der Waals surface area contributed by atoms with Gasteiger partial charge >= 0.3 is 12.7 Å². The van der Waals surface area contributed by atoms with Crippen LogP contribution in [0.1, 0.15) is 12.5 Å². The number of carbonyl (C=O) groups is 1. The van der Waals surface area contributed by atoms with E-state index in [0.717, 1.165) is 0 Å². The summed E-state index contributed by atoms with van der Waals surface area (Å²) in [4.78, 5) is 24.3. The van der Waals surface area contributed by atoms with Crippen molar-refractivity contribution in [3.63, 3.8) is 0 Å². The molecule has 0 bridgehead atoms. The average Bonchev–Trinajstić information content (AvgIpc) is 3.11. The number of ether oxygens (including phenoxy) is 2. The smallest absolute Gasteiger partial charge is 0.415 e. The largest absolute Gasteiger partial charge is 0.438 e. The average molecular weight is 473 g/mol. The Morgan fingerprint density at radius 2 is 2.03 bits per heavy atom. The van der Waals surface area contributed by atoms with Crippen molar-refractivity contribution in [3.05, 3.63) is 48.0 Å². The maximum atomic E-state index is 14.8. The molecule has 2 aliphatic rings. The van der Waals surface area contributed by atoms with E-state index in [-0.39, 0.29) is 35.0 Å². The maximum Gasteiger partial charge on any atom is 0.415 e. The molecule has 3 aromatic rings. The SMILES string of the molecule is CCc1cccc(Nc2ncnc3cc(OC(F)F)c(N4CC5(CN(C)C5)OC4=O)cc23)c1F. The van der Waals surface area contributed by atoms with Gasteiger partial charge in [0.2, 0.25) is 0 Å². The number of likely N-dealkylation sites (tertiary alicyclic amines) is 1. The Balaban J connectivity index is 1.58. The molecule has 34 heavy (non-hydrogen) atoms. The number of nitrogens with one attached hydrogen (secondary N) is 1. The highest BCUT2D eigenvalue weighted by Gasteiger charge is 2.53. The van der Waals surface area contributed by atoms with Gasteiger partial charge in [0, 0.05) is 24.5 Å². The number of rotatable bonds is 6. The van der Waals surface area contributed by atoms with E-state index < -0.39 is 24.1 Å². The van der Waals surface area contributed by atoms with E-state index in [4.69, 9.17) is 9.47 Å². The lowest BCUT2D eigenvalue weighted by Crippen LogP contribution is -2.62. The molecular weight excluding hydrogens is 451 g/mol. The molecule has 0 aliphatic carbocycles. The summed E-state index contributed by atoms with van der Waals surface area (Å²) >= 11 is 0. The molecular formula is C23H22F3N5O3. The van der Waals surface area contributed by atoms with Gasteiger partial charge in [0.25, 0.3) is 0 Å². The lowest BCUT2D eigenvalue weighted by Gasteiger charge is -2.43. The molecule has 0 radical (unpaired) electrons. The number of hydrogen-bond donors (Lipinski definition) is 1. The first kappa shape index (κ1) is 22.2. The van der Waals surface area contributed by atoms with E-state index in [9.17, 15) is 18.0 Å². The van der Waals surface area contributed by atoms with Gasteiger partial charge in [-0.25, -0.2) is 19.2 Å². The second-order valence-electron chi connectivity index (χ2n) is 8.50. The summed E-state index contributed by atoms with van der Waals surface area (Å²) in [7, 11) is 1.89. The number of alkyl halides is 2. The fraction of sp³-hybridized carbons (Fsp3) is 0.348. The summed E-state index contributed by atoms with van der Waals surface area (Å²) in [6.45, 7) is 0.00305. The first-order chi connectivity index (χ1) is 16.3. The van der Waals surface area contributed by atoms with Crippen molar-refractivity contribution in [3.8, 4) is 5.75 Å². The number of likely N-dealkylation sites (N-methyl/N-ethyl adjacent to an activating group) is 1. The number of benzene rings is 2. The van der Waals surface area contributed by atoms with E-state index in [1.54, 1.807) is 18.2 Å². The van der Waals surface area contributed by atoms with Crippen molar-refractivity contribution < 1.29 is 27.4 Å². The molecule has 8 nitrogen and oxygen atoms in total. The molecule has 1 aromatic heterocycles. The number of fused-ring (bicyclic) bond motifs is 1. The topological polar surface area (TPSA) is 79.8 Å². The number of halogens is 3. The van der Waals surface area contributed by atoms with Crippen molar-refractivity contribution in [1.29, 1.82) is 0 Å². The number of anilines is 3. The van der Waals surface area contributed by atoms with Crippen LogP contribution in [0.2, 0.25) is 0 Å². The Kier molecular flexibility index (Phi) is 5.43. The van der Waals surface area contributed by atoms with Crippen LogP contribution >= 0.6 is 0 Å². The highest BCUT2D eigenvalue weighted by atomic mass is 19.3. The minimum atomic E-state index is -3.11. The normalized spacial score (nSPS) is 17.4. The molecule has 0 atom stereocenters. The Bertz CT molecular complexity index is 1270. The van der Waals surface area contributed by atoms with Crippen LogP contribution in [0.5, 0.6) is 5.75 Å². The van der Waals surface area contributed by atoms with Crippen LogP contribution in [0.15, 0.2) is 36.7 Å².